The van der Waals surface area contributed by atoms with Gasteiger partial charge in [0.1, 0.15) is 11.5 Å². The van der Waals surface area contributed by atoms with Gasteiger partial charge in [-0.05, 0) is 24.8 Å². The quantitative estimate of drug-likeness (QED) is 0.911. The van der Waals surface area contributed by atoms with Crippen molar-refractivity contribution in [2.75, 3.05) is 20.3 Å². The molecule has 0 unspecified atom stereocenters. The van der Waals surface area contributed by atoms with Crippen molar-refractivity contribution in [1.29, 1.82) is 0 Å². The number of nitrogens with two attached hydrogens (primary N) is 1. The van der Waals surface area contributed by atoms with Crippen LogP contribution in [0.3, 0.4) is 0 Å². The SMILES string of the molecule is COc1cc(OC(F)(F)F)ccc1[C@@H](N)C1CCOCC1.Cl. The van der Waals surface area contributed by atoms with Crippen LogP contribution in [0.5, 0.6) is 11.5 Å². The molecule has 1 fully saturated rings. The smallest absolute Gasteiger partial charge is 0.496 e. The molecule has 1 aliphatic heterocycles. The number of alkyl halides is 3. The number of hydrogen-bond acceptors (Lipinski definition) is 4. The summed E-state index contributed by atoms with van der Waals surface area (Å²) in [6.07, 6.45) is -3.08. The molecule has 0 bridgehead atoms. The van der Waals surface area contributed by atoms with E-state index < -0.39 is 6.36 Å². The number of rotatable bonds is 4. The lowest BCUT2D eigenvalue weighted by Gasteiger charge is -2.28. The van der Waals surface area contributed by atoms with Crippen molar-refractivity contribution in [2.24, 2.45) is 11.7 Å². The van der Waals surface area contributed by atoms with Gasteiger partial charge in [-0.3, -0.25) is 0 Å². The molecule has 4 nitrogen and oxygen atoms in total. The summed E-state index contributed by atoms with van der Waals surface area (Å²) in [6, 6.07) is 3.69. The molecule has 1 saturated heterocycles. The van der Waals surface area contributed by atoms with E-state index in [9.17, 15) is 13.2 Å². The summed E-state index contributed by atoms with van der Waals surface area (Å²) in [7, 11) is 1.40. The Kier molecular flexibility index (Phi) is 6.77. The van der Waals surface area contributed by atoms with Crippen molar-refractivity contribution in [2.45, 2.75) is 25.2 Å². The molecule has 126 valence electrons. The number of hydrogen-bond donors (Lipinski definition) is 1. The molecule has 22 heavy (non-hydrogen) atoms. The first-order valence-corrected chi connectivity index (χ1v) is 6.67. The summed E-state index contributed by atoms with van der Waals surface area (Å²) < 4.78 is 51.0. The molecule has 1 heterocycles. The van der Waals surface area contributed by atoms with Gasteiger partial charge in [0.25, 0.3) is 0 Å². The standard InChI is InChI=1S/C14H18F3NO3.ClH/c1-19-12-8-10(21-14(15,16)17)2-3-11(12)13(18)9-4-6-20-7-5-9;/h2-3,8-9,13H,4-7,18H2,1H3;1H/t13-;/m0./s1. The first-order chi connectivity index (χ1) is 9.90. The van der Waals surface area contributed by atoms with Gasteiger partial charge in [-0.25, -0.2) is 0 Å². The van der Waals surface area contributed by atoms with Gasteiger partial charge in [0.05, 0.1) is 7.11 Å². The van der Waals surface area contributed by atoms with E-state index in [2.05, 4.69) is 4.74 Å². The van der Waals surface area contributed by atoms with Crippen LogP contribution < -0.4 is 15.2 Å². The molecular formula is C14H19ClF3NO3. The van der Waals surface area contributed by atoms with Crippen LogP contribution in [0.2, 0.25) is 0 Å². The third-order valence-electron chi connectivity index (χ3n) is 3.57. The highest BCUT2D eigenvalue weighted by Crippen LogP contribution is 2.36. The molecule has 0 aliphatic carbocycles. The summed E-state index contributed by atoms with van der Waals surface area (Å²) in [5.74, 6) is 0.208. The maximum atomic E-state index is 12.2. The van der Waals surface area contributed by atoms with Crippen LogP contribution in [-0.2, 0) is 4.74 Å². The molecule has 1 aromatic rings. The Morgan fingerprint density at radius 2 is 1.91 bits per heavy atom. The monoisotopic (exact) mass is 341 g/mol. The number of halogens is 4. The van der Waals surface area contributed by atoms with E-state index in [4.69, 9.17) is 15.2 Å². The van der Waals surface area contributed by atoms with Gasteiger partial charge in [0.2, 0.25) is 0 Å². The van der Waals surface area contributed by atoms with Crippen LogP contribution >= 0.6 is 12.4 Å². The van der Waals surface area contributed by atoms with Crippen LogP contribution in [0.15, 0.2) is 18.2 Å². The van der Waals surface area contributed by atoms with E-state index >= 15 is 0 Å². The predicted octanol–water partition coefficient (Wildman–Crippen LogP) is 3.44. The predicted molar refractivity (Wildman–Crippen MR) is 77.4 cm³/mol. The van der Waals surface area contributed by atoms with Crippen LogP contribution in [0.25, 0.3) is 0 Å². The van der Waals surface area contributed by atoms with Gasteiger partial charge in [-0.15, -0.1) is 25.6 Å². The average molecular weight is 342 g/mol. The first kappa shape index (κ1) is 18.9. The topological polar surface area (TPSA) is 53.7 Å². The van der Waals surface area contributed by atoms with Gasteiger partial charge in [0.15, 0.2) is 0 Å². The van der Waals surface area contributed by atoms with Gasteiger partial charge in [-0.1, -0.05) is 6.07 Å². The Morgan fingerprint density at radius 3 is 2.45 bits per heavy atom. The fraction of sp³-hybridized carbons (Fsp3) is 0.571. The van der Waals surface area contributed by atoms with Crippen LogP contribution in [0, 0.1) is 5.92 Å². The lowest BCUT2D eigenvalue weighted by molar-refractivity contribution is -0.274. The normalized spacial score (nSPS) is 17.5. The minimum absolute atomic E-state index is 0. The molecule has 0 amide bonds. The third kappa shape index (κ3) is 4.93. The Hall–Kier alpha value is -1.18. The number of methoxy groups -OCH3 is 1. The maximum Gasteiger partial charge on any atom is 0.573 e. The van der Waals surface area contributed by atoms with Crippen LogP contribution in [0.1, 0.15) is 24.4 Å². The van der Waals surface area contributed by atoms with Gasteiger partial charge >= 0.3 is 6.36 Å². The summed E-state index contributed by atoms with van der Waals surface area (Å²) in [6.45, 7) is 1.30. The molecular weight excluding hydrogens is 323 g/mol. The minimum atomic E-state index is -4.73. The number of benzene rings is 1. The summed E-state index contributed by atoms with van der Waals surface area (Å²) in [5, 5.41) is 0. The molecule has 2 rings (SSSR count). The zero-order valence-electron chi connectivity index (χ0n) is 12.1. The van der Waals surface area contributed by atoms with Crippen molar-refractivity contribution in [3.8, 4) is 11.5 Å². The van der Waals surface area contributed by atoms with E-state index in [1.807, 2.05) is 0 Å². The Morgan fingerprint density at radius 1 is 1.27 bits per heavy atom. The first-order valence-electron chi connectivity index (χ1n) is 6.67. The molecule has 0 saturated carbocycles. The lowest BCUT2D eigenvalue weighted by Crippen LogP contribution is -2.27. The summed E-state index contributed by atoms with van der Waals surface area (Å²) >= 11 is 0. The Bertz CT molecular complexity index is 479. The van der Waals surface area contributed by atoms with E-state index in [0.717, 1.165) is 12.8 Å². The maximum absolute atomic E-state index is 12.2. The van der Waals surface area contributed by atoms with Crippen molar-refractivity contribution in [1.82, 2.24) is 0 Å². The largest absolute Gasteiger partial charge is 0.573 e. The van der Waals surface area contributed by atoms with E-state index in [1.165, 1.54) is 25.3 Å². The summed E-state index contributed by atoms with van der Waals surface area (Å²) in [5.41, 5.74) is 6.90. The third-order valence-corrected chi connectivity index (χ3v) is 3.57. The molecule has 0 aromatic heterocycles. The fourth-order valence-electron chi connectivity index (χ4n) is 2.49. The molecule has 8 heteroatoms. The zero-order chi connectivity index (χ0) is 15.5. The van der Waals surface area contributed by atoms with Crippen molar-refractivity contribution < 1.29 is 27.4 Å². The number of ether oxygens (including phenoxy) is 3. The second-order valence-electron chi connectivity index (χ2n) is 4.93. The van der Waals surface area contributed by atoms with Crippen molar-refractivity contribution in [3.63, 3.8) is 0 Å². The molecule has 1 aliphatic rings. The van der Waals surface area contributed by atoms with Crippen molar-refractivity contribution in [3.05, 3.63) is 23.8 Å². The zero-order valence-corrected chi connectivity index (χ0v) is 12.9. The molecule has 1 aromatic carbocycles. The van der Waals surface area contributed by atoms with Crippen LogP contribution in [-0.4, -0.2) is 26.7 Å². The highest BCUT2D eigenvalue weighted by molar-refractivity contribution is 5.85. The van der Waals surface area contributed by atoms with Gasteiger partial charge in [0, 0.05) is 30.9 Å². The second-order valence-corrected chi connectivity index (χ2v) is 4.93. The molecule has 0 spiro atoms. The highest BCUT2D eigenvalue weighted by Gasteiger charge is 2.32. The Labute approximate surface area is 133 Å². The van der Waals surface area contributed by atoms with E-state index in [1.54, 1.807) is 0 Å². The summed E-state index contributed by atoms with van der Waals surface area (Å²) in [4.78, 5) is 0. The van der Waals surface area contributed by atoms with E-state index in [0.29, 0.717) is 24.5 Å². The second kappa shape index (κ2) is 7.89. The van der Waals surface area contributed by atoms with Crippen LogP contribution in [0.4, 0.5) is 13.2 Å². The Balaban J connectivity index is 0.00000242. The highest BCUT2D eigenvalue weighted by atomic mass is 35.5. The van der Waals surface area contributed by atoms with Gasteiger partial charge < -0.3 is 19.9 Å². The van der Waals surface area contributed by atoms with Crippen molar-refractivity contribution >= 4 is 12.4 Å². The molecule has 1 atom stereocenters. The average Bonchev–Trinajstić information content (AvgIpc) is 2.45. The van der Waals surface area contributed by atoms with E-state index in [-0.39, 0.29) is 30.1 Å². The molecule has 0 radical (unpaired) electrons. The lowest BCUT2D eigenvalue weighted by atomic mass is 9.87. The van der Waals surface area contributed by atoms with Gasteiger partial charge in [-0.2, -0.15) is 0 Å². The minimum Gasteiger partial charge on any atom is -0.496 e. The molecule has 2 N–H and O–H groups in total. The fourth-order valence-corrected chi connectivity index (χ4v) is 2.49.